The monoisotopic (exact) mass is 494 g/mol. The van der Waals surface area contributed by atoms with E-state index in [9.17, 15) is 4.79 Å². The zero-order valence-corrected chi connectivity index (χ0v) is 20.4. The molecule has 0 spiro atoms. The van der Waals surface area contributed by atoms with Crippen LogP contribution in [0.1, 0.15) is 21.3 Å². The molecule has 5 rings (SSSR count). The minimum atomic E-state index is -0.398. The maximum atomic E-state index is 13.5. The Kier molecular flexibility index (Phi) is 6.16. The summed E-state index contributed by atoms with van der Waals surface area (Å²) in [6, 6.07) is 16.7. The van der Waals surface area contributed by atoms with Gasteiger partial charge in [-0.25, -0.2) is 4.68 Å². The molecule has 0 radical (unpaired) electrons. The zero-order valence-electron chi connectivity index (χ0n) is 18.7. The number of aromatic nitrogens is 3. The maximum absolute atomic E-state index is 13.5. The Hall–Kier alpha value is -3.50. The number of carbonyl (C=O) groups is 1. The average molecular weight is 495 g/mol. The van der Waals surface area contributed by atoms with Crippen molar-refractivity contribution in [3.8, 4) is 28.6 Å². The number of fused-ring (bicyclic) bond motifs is 1. The third-order valence-corrected chi connectivity index (χ3v) is 7.70. The van der Waals surface area contributed by atoms with Gasteiger partial charge in [0.25, 0.3) is 0 Å². The summed E-state index contributed by atoms with van der Waals surface area (Å²) in [4.78, 5) is 14.5. The first-order chi connectivity index (χ1) is 16.6. The van der Waals surface area contributed by atoms with Crippen molar-refractivity contribution in [2.75, 3.05) is 26.8 Å². The number of nitrogens with one attached hydrogen (secondary N) is 1. The zero-order chi connectivity index (χ0) is 23.7. The number of hydrogen-bond acceptors (Lipinski definition) is 9. The van der Waals surface area contributed by atoms with E-state index in [1.807, 2.05) is 64.7 Å². The Balaban J connectivity index is 1.58. The lowest BCUT2D eigenvalue weighted by molar-refractivity contribution is 0.0981. The van der Waals surface area contributed by atoms with Crippen LogP contribution in [0.5, 0.6) is 17.2 Å². The van der Waals surface area contributed by atoms with Crippen LogP contribution in [0.25, 0.3) is 11.4 Å². The first-order valence-corrected chi connectivity index (χ1v) is 12.2. The van der Waals surface area contributed by atoms with Gasteiger partial charge in [0, 0.05) is 16.0 Å². The molecule has 1 aliphatic heterocycles. The number of thioether (sulfide) groups is 1. The van der Waals surface area contributed by atoms with Gasteiger partial charge in [0.1, 0.15) is 5.25 Å². The van der Waals surface area contributed by atoms with Crippen LogP contribution >= 0.6 is 23.1 Å². The number of carbonyl (C=O) groups excluding carboxylic acids is 1. The number of methoxy groups -OCH3 is 3. The molecule has 3 heterocycles. The van der Waals surface area contributed by atoms with Crippen LogP contribution in [0.4, 0.5) is 0 Å². The van der Waals surface area contributed by atoms with Gasteiger partial charge in [-0.2, -0.15) is 0 Å². The van der Waals surface area contributed by atoms with Crippen LogP contribution in [0.15, 0.2) is 65.1 Å². The van der Waals surface area contributed by atoms with Crippen LogP contribution in [0.3, 0.4) is 0 Å². The highest BCUT2D eigenvalue weighted by atomic mass is 32.2. The van der Waals surface area contributed by atoms with Crippen molar-refractivity contribution in [3.05, 3.63) is 70.4 Å². The van der Waals surface area contributed by atoms with Gasteiger partial charge < -0.3 is 19.6 Å². The van der Waals surface area contributed by atoms with Crippen LogP contribution in [0, 0.1) is 0 Å². The summed E-state index contributed by atoms with van der Waals surface area (Å²) < 4.78 is 18.3. The SMILES string of the molecule is COc1cc(-c2nnc3n2NC(c2cccs2)C(C(=O)c2ccccc2)S3)cc(OC)c1OC. The first-order valence-electron chi connectivity index (χ1n) is 10.5. The Labute approximate surface area is 204 Å². The lowest BCUT2D eigenvalue weighted by atomic mass is 10.0. The van der Waals surface area contributed by atoms with Crippen molar-refractivity contribution in [1.82, 2.24) is 14.9 Å². The van der Waals surface area contributed by atoms with Gasteiger partial charge in [0.2, 0.25) is 10.9 Å². The number of nitrogens with zero attached hydrogens (tertiary/aromatic N) is 3. The minimum absolute atomic E-state index is 0.0417. The van der Waals surface area contributed by atoms with Crippen LogP contribution in [0.2, 0.25) is 0 Å². The number of hydrogen-bond donors (Lipinski definition) is 1. The second-order valence-corrected chi connectivity index (χ2v) is 9.53. The van der Waals surface area contributed by atoms with Crippen molar-refractivity contribution < 1.29 is 19.0 Å². The van der Waals surface area contributed by atoms with Crippen molar-refractivity contribution in [2.45, 2.75) is 16.4 Å². The number of ether oxygens (including phenoxy) is 3. The number of thiophene rings is 1. The number of ketones is 1. The predicted molar refractivity (Wildman–Crippen MR) is 132 cm³/mol. The summed E-state index contributed by atoms with van der Waals surface area (Å²) in [7, 11) is 4.70. The van der Waals surface area contributed by atoms with E-state index in [-0.39, 0.29) is 11.8 Å². The third-order valence-electron chi connectivity index (χ3n) is 5.53. The van der Waals surface area contributed by atoms with Gasteiger partial charge >= 0.3 is 0 Å². The summed E-state index contributed by atoms with van der Waals surface area (Å²) in [5.74, 6) is 2.16. The second-order valence-electron chi connectivity index (χ2n) is 7.45. The molecule has 4 aromatic rings. The van der Waals surface area contributed by atoms with Crippen molar-refractivity contribution in [3.63, 3.8) is 0 Å². The third kappa shape index (κ3) is 3.88. The molecule has 0 saturated carbocycles. The Morgan fingerprint density at radius 2 is 1.71 bits per heavy atom. The molecule has 0 aliphatic carbocycles. The van der Waals surface area contributed by atoms with E-state index in [1.165, 1.54) is 11.8 Å². The number of rotatable bonds is 7. The summed E-state index contributed by atoms with van der Waals surface area (Å²) in [5.41, 5.74) is 4.90. The molecule has 0 fully saturated rings. The lowest BCUT2D eigenvalue weighted by Crippen LogP contribution is -2.38. The van der Waals surface area contributed by atoms with Crippen molar-refractivity contribution >= 4 is 28.9 Å². The fourth-order valence-electron chi connectivity index (χ4n) is 3.90. The van der Waals surface area contributed by atoms with Crippen molar-refractivity contribution in [2.24, 2.45) is 0 Å². The number of Topliss-reactive ketones (excluding diaryl/α,β-unsaturated/α-hetero) is 1. The minimum Gasteiger partial charge on any atom is -0.493 e. The van der Waals surface area contributed by atoms with Crippen LogP contribution < -0.4 is 19.6 Å². The highest BCUT2D eigenvalue weighted by Crippen LogP contribution is 2.44. The quantitative estimate of drug-likeness (QED) is 0.371. The normalized spacial score (nSPS) is 16.9. The van der Waals surface area contributed by atoms with E-state index in [2.05, 4.69) is 15.6 Å². The van der Waals surface area contributed by atoms with E-state index in [0.717, 1.165) is 10.4 Å². The Bertz CT molecular complexity index is 1280. The van der Waals surface area contributed by atoms with E-state index < -0.39 is 5.25 Å². The van der Waals surface area contributed by atoms with Crippen LogP contribution in [-0.4, -0.2) is 47.2 Å². The summed E-state index contributed by atoms with van der Waals surface area (Å²) in [5, 5.41) is 11.0. The van der Waals surface area contributed by atoms with Gasteiger partial charge in [0.05, 0.1) is 27.4 Å². The van der Waals surface area contributed by atoms with Crippen molar-refractivity contribution in [1.29, 1.82) is 0 Å². The molecule has 2 atom stereocenters. The van der Waals surface area contributed by atoms with Crippen LogP contribution in [-0.2, 0) is 0 Å². The van der Waals surface area contributed by atoms with Gasteiger partial charge in [0.15, 0.2) is 23.1 Å². The number of benzene rings is 2. The van der Waals surface area contributed by atoms with E-state index in [0.29, 0.717) is 33.8 Å². The Morgan fingerprint density at radius 1 is 0.971 bits per heavy atom. The Morgan fingerprint density at radius 3 is 2.32 bits per heavy atom. The van der Waals surface area contributed by atoms with E-state index in [4.69, 9.17) is 14.2 Å². The highest BCUT2D eigenvalue weighted by Gasteiger charge is 2.39. The van der Waals surface area contributed by atoms with Gasteiger partial charge in [-0.3, -0.25) is 4.79 Å². The molecule has 2 aromatic heterocycles. The largest absolute Gasteiger partial charge is 0.493 e. The molecule has 2 unspecified atom stereocenters. The smallest absolute Gasteiger partial charge is 0.211 e. The molecule has 0 saturated heterocycles. The second kappa shape index (κ2) is 9.40. The molecule has 10 heteroatoms. The summed E-state index contributed by atoms with van der Waals surface area (Å²) in [6.45, 7) is 0. The lowest BCUT2D eigenvalue weighted by Gasteiger charge is -2.32. The topological polar surface area (TPSA) is 87.5 Å². The first kappa shape index (κ1) is 22.3. The molecule has 174 valence electrons. The molecule has 0 amide bonds. The van der Waals surface area contributed by atoms with E-state index in [1.54, 1.807) is 32.7 Å². The molecule has 0 bridgehead atoms. The fourth-order valence-corrected chi connectivity index (χ4v) is 5.94. The standard InChI is InChI=1S/C24H22N4O4S2/c1-30-16-12-15(13-17(31-2)21(16)32-3)23-25-26-24-28(23)27-19(18-10-7-11-33-18)22(34-24)20(29)14-8-5-4-6-9-14/h4-13,19,22,27H,1-3H3. The molecule has 2 aromatic carbocycles. The van der Waals surface area contributed by atoms with Gasteiger partial charge in [-0.15, -0.1) is 21.5 Å². The van der Waals surface area contributed by atoms with Gasteiger partial charge in [-0.05, 0) is 23.6 Å². The summed E-state index contributed by atoms with van der Waals surface area (Å²) >= 11 is 3.01. The molecule has 8 nitrogen and oxygen atoms in total. The molecule has 34 heavy (non-hydrogen) atoms. The van der Waals surface area contributed by atoms with E-state index >= 15 is 0 Å². The highest BCUT2D eigenvalue weighted by molar-refractivity contribution is 8.00. The summed E-state index contributed by atoms with van der Waals surface area (Å²) in [6.07, 6.45) is 0. The molecule has 1 aliphatic rings. The predicted octanol–water partition coefficient (Wildman–Crippen LogP) is 4.67. The average Bonchev–Trinajstić information content (AvgIpc) is 3.57. The maximum Gasteiger partial charge on any atom is 0.211 e. The van der Waals surface area contributed by atoms with Gasteiger partial charge in [-0.1, -0.05) is 48.2 Å². The fraction of sp³-hybridized carbons (Fsp3) is 0.208. The molecular formula is C24H22N4O4S2. The molecular weight excluding hydrogens is 472 g/mol. The molecule has 1 N–H and O–H groups in total.